The van der Waals surface area contributed by atoms with Gasteiger partial charge >= 0.3 is 12.1 Å². The zero-order valence-electron chi connectivity index (χ0n) is 14.4. The van der Waals surface area contributed by atoms with Crippen LogP contribution in [0.2, 0.25) is 0 Å². The molecule has 0 aliphatic carbocycles. The van der Waals surface area contributed by atoms with Crippen LogP contribution < -0.4 is 0 Å². The third kappa shape index (κ3) is 4.58. The molecule has 0 saturated carbocycles. The van der Waals surface area contributed by atoms with Crippen LogP contribution in [0, 0.1) is 5.92 Å². The van der Waals surface area contributed by atoms with Crippen LogP contribution in [-0.4, -0.2) is 70.3 Å². The second kappa shape index (κ2) is 6.57. The van der Waals surface area contributed by atoms with Crippen LogP contribution in [-0.2, 0) is 14.3 Å². The molecule has 0 radical (unpaired) electrons. The average molecular weight is 344 g/mol. The van der Waals surface area contributed by atoms with Crippen molar-refractivity contribution in [1.82, 2.24) is 9.80 Å². The molecule has 0 bridgehead atoms. The summed E-state index contributed by atoms with van der Waals surface area (Å²) in [5, 5.41) is 8.98. The van der Waals surface area contributed by atoms with Crippen LogP contribution in [0.25, 0.3) is 0 Å². The van der Waals surface area contributed by atoms with Crippen LogP contribution in [0.3, 0.4) is 0 Å². The molecule has 2 amide bonds. The van der Waals surface area contributed by atoms with Crippen molar-refractivity contribution >= 4 is 18.0 Å². The average Bonchev–Trinajstić information content (AvgIpc) is 2.78. The van der Waals surface area contributed by atoms with Crippen LogP contribution >= 0.6 is 0 Å². The molecule has 1 atom stereocenters. The molecule has 1 unspecified atom stereocenters. The number of carbonyl (C=O) groups excluding carboxylic acids is 2. The van der Waals surface area contributed by atoms with Crippen molar-refractivity contribution in [1.29, 1.82) is 0 Å². The highest BCUT2D eigenvalue weighted by Crippen LogP contribution is 2.31. The number of nitrogens with zero attached hydrogens (tertiary/aromatic N) is 2. The summed E-state index contributed by atoms with van der Waals surface area (Å²) in [5.74, 6) is -2.12. The highest BCUT2D eigenvalue weighted by Gasteiger charge is 2.43. The fraction of sp³-hybridized carbons (Fsp3) is 0.812. The summed E-state index contributed by atoms with van der Waals surface area (Å²) in [6, 6.07) is 0. The molecule has 2 fully saturated rings. The third-order valence-electron chi connectivity index (χ3n) is 4.35. The molecule has 2 rings (SSSR count). The van der Waals surface area contributed by atoms with Gasteiger partial charge in [-0.15, -0.1) is 0 Å². The summed E-state index contributed by atoms with van der Waals surface area (Å²) < 4.78 is 20.3. The maximum Gasteiger partial charge on any atom is 0.410 e. The molecule has 2 aliphatic heterocycles. The Kier molecular flexibility index (Phi) is 5.05. The number of likely N-dealkylation sites (tertiary alicyclic amines) is 2. The molecule has 136 valence electrons. The first-order valence-electron chi connectivity index (χ1n) is 8.16. The summed E-state index contributed by atoms with van der Waals surface area (Å²) in [5.41, 5.74) is -2.20. The number of carbonyl (C=O) groups is 3. The number of amides is 2. The van der Waals surface area contributed by atoms with Gasteiger partial charge in [-0.05, 0) is 20.8 Å². The molecule has 7 nitrogen and oxygen atoms in total. The van der Waals surface area contributed by atoms with E-state index in [0.29, 0.717) is 0 Å². The van der Waals surface area contributed by atoms with Gasteiger partial charge in [0.25, 0.3) is 0 Å². The number of aliphatic carboxylic acids is 1. The van der Waals surface area contributed by atoms with Crippen molar-refractivity contribution in [3.63, 3.8) is 0 Å². The van der Waals surface area contributed by atoms with E-state index >= 15 is 0 Å². The maximum absolute atomic E-state index is 15.0. The summed E-state index contributed by atoms with van der Waals surface area (Å²) in [4.78, 5) is 37.6. The summed E-state index contributed by atoms with van der Waals surface area (Å²) in [6.45, 7) is 5.68. The van der Waals surface area contributed by atoms with Gasteiger partial charge in [-0.25, -0.2) is 9.18 Å². The molecule has 0 aromatic rings. The fourth-order valence-corrected chi connectivity index (χ4v) is 3.01. The van der Waals surface area contributed by atoms with Gasteiger partial charge in [-0.3, -0.25) is 9.59 Å². The molecule has 0 spiro atoms. The number of alkyl halides is 1. The van der Waals surface area contributed by atoms with Crippen molar-refractivity contribution in [3.05, 3.63) is 0 Å². The van der Waals surface area contributed by atoms with Crippen LogP contribution in [0.4, 0.5) is 9.18 Å². The fourth-order valence-electron chi connectivity index (χ4n) is 3.01. The Labute approximate surface area is 140 Å². The SMILES string of the molecule is CC(C)(C)OC(=O)N1CCC(F)(CN2CC(C(=O)O)CC2=O)CC1. The van der Waals surface area contributed by atoms with E-state index in [1.165, 1.54) is 9.80 Å². The molecular weight excluding hydrogens is 319 g/mol. The van der Waals surface area contributed by atoms with E-state index in [-0.39, 0.29) is 51.3 Å². The van der Waals surface area contributed by atoms with Gasteiger partial charge in [-0.1, -0.05) is 0 Å². The van der Waals surface area contributed by atoms with Crippen LogP contribution in [0.1, 0.15) is 40.0 Å². The number of rotatable bonds is 3. The van der Waals surface area contributed by atoms with Gasteiger partial charge in [0.1, 0.15) is 11.3 Å². The predicted molar refractivity (Wildman–Crippen MR) is 83.2 cm³/mol. The summed E-state index contributed by atoms with van der Waals surface area (Å²) in [6.07, 6.45) is -0.329. The van der Waals surface area contributed by atoms with Crippen molar-refractivity contribution in [2.45, 2.75) is 51.3 Å². The quantitative estimate of drug-likeness (QED) is 0.841. The first-order chi connectivity index (χ1) is 11.0. The van der Waals surface area contributed by atoms with Gasteiger partial charge in [-0.2, -0.15) is 0 Å². The Morgan fingerprint density at radius 2 is 1.92 bits per heavy atom. The Morgan fingerprint density at radius 3 is 2.38 bits per heavy atom. The van der Waals surface area contributed by atoms with Gasteiger partial charge < -0.3 is 19.6 Å². The second-order valence-electron chi connectivity index (χ2n) is 7.63. The normalized spacial score (nSPS) is 24.2. The number of halogens is 1. The molecule has 2 aliphatic rings. The topological polar surface area (TPSA) is 87.2 Å². The minimum Gasteiger partial charge on any atom is -0.481 e. The van der Waals surface area contributed by atoms with E-state index in [9.17, 15) is 18.8 Å². The zero-order valence-corrected chi connectivity index (χ0v) is 14.4. The minimum atomic E-state index is -1.60. The first-order valence-corrected chi connectivity index (χ1v) is 8.16. The monoisotopic (exact) mass is 344 g/mol. The van der Waals surface area contributed by atoms with Crippen LogP contribution in [0.5, 0.6) is 0 Å². The lowest BCUT2D eigenvalue weighted by atomic mass is 9.93. The maximum atomic E-state index is 15.0. The molecule has 1 N–H and O–H groups in total. The zero-order chi connectivity index (χ0) is 18.1. The Balaban J connectivity index is 1.87. The number of ether oxygens (including phenoxy) is 1. The summed E-state index contributed by atoms with van der Waals surface area (Å²) >= 11 is 0. The highest BCUT2D eigenvalue weighted by molar-refractivity contribution is 5.86. The molecular formula is C16H25FN2O5. The molecule has 24 heavy (non-hydrogen) atoms. The molecule has 0 aromatic carbocycles. The standard InChI is InChI=1S/C16H25FN2O5/c1-15(2,3)24-14(23)18-6-4-16(17,5-7-18)10-19-9-11(13(21)22)8-12(19)20/h11H,4-10H2,1-3H3,(H,21,22). The minimum absolute atomic E-state index is 0.0512. The number of hydrogen-bond donors (Lipinski definition) is 1. The third-order valence-corrected chi connectivity index (χ3v) is 4.35. The lowest BCUT2D eigenvalue weighted by Crippen LogP contribution is -2.51. The predicted octanol–water partition coefficient (Wildman–Crippen LogP) is 1.66. The van der Waals surface area contributed by atoms with Crippen molar-refractivity contribution < 1.29 is 28.6 Å². The van der Waals surface area contributed by atoms with E-state index < -0.39 is 29.3 Å². The lowest BCUT2D eigenvalue weighted by molar-refractivity contribution is -0.141. The van der Waals surface area contributed by atoms with Gasteiger partial charge in [0.2, 0.25) is 5.91 Å². The lowest BCUT2D eigenvalue weighted by Gasteiger charge is -2.38. The van der Waals surface area contributed by atoms with Gasteiger partial charge in [0.15, 0.2) is 0 Å². The Bertz CT molecular complexity index is 523. The van der Waals surface area contributed by atoms with E-state index in [4.69, 9.17) is 9.84 Å². The van der Waals surface area contributed by atoms with Crippen molar-refractivity contribution in [3.8, 4) is 0 Å². The van der Waals surface area contributed by atoms with E-state index in [1.54, 1.807) is 20.8 Å². The smallest absolute Gasteiger partial charge is 0.410 e. The van der Waals surface area contributed by atoms with E-state index in [1.807, 2.05) is 0 Å². The second-order valence-corrected chi connectivity index (χ2v) is 7.63. The number of piperidine rings is 1. The number of carboxylic acids is 1. The van der Waals surface area contributed by atoms with Crippen LogP contribution in [0.15, 0.2) is 0 Å². The Hall–Kier alpha value is -1.86. The molecule has 2 heterocycles. The van der Waals surface area contributed by atoms with E-state index in [0.717, 1.165) is 0 Å². The Morgan fingerprint density at radius 1 is 1.33 bits per heavy atom. The first kappa shape index (κ1) is 18.5. The van der Waals surface area contributed by atoms with Gasteiger partial charge in [0.05, 0.1) is 12.5 Å². The van der Waals surface area contributed by atoms with Crippen molar-refractivity contribution in [2.75, 3.05) is 26.2 Å². The van der Waals surface area contributed by atoms with E-state index in [2.05, 4.69) is 0 Å². The molecule has 2 saturated heterocycles. The molecule has 0 aromatic heterocycles. The highest BCUT2D eigenvalue weighted by atomic mass is 19.1. The van der Waals surface area contributed by atoms with Gasteiger partial charge in [0, 0.05) is 38.9 Å². The number of hydrogen-bond acceptors (Lipinski definition) is 4. The summed E-state index contributed by atoms with van der Waals surface area (Å²) in [7, 11) is 0. The molecule has 8 heteroatoms. The number of carboxylic acid groups (broad SMARTS) is 1. The largest absolute Gasteiger partial charge is 0.481 e. The van der Waals surface area contributed by atoms with Crippen molar-refractivity contribution in [2.24, 2.45) is 5.92 Å².